The van der Waals surface area contributed by atoms with Crippen molar-refractivity contribution in [2.75, 3.05) is 10.6 Å². The minimum absolute atomic E-state index is 0.0232. The van der Waals surface area contributed by atoms with Crippen LogP contribution in [0.1, 0.15) is 18.9 Å². The van der Waals surface area contributed by atoms with Crippen LogP contribution in [0.5, 0.6) is 0 Å². The molecule has 31 heavy (non-hydrogen) atoms. The number of rotatable bonds is 6. The first kappa shape index (κ1) is 22.2. The van der Waals surface area contributed by atoms with Crippen LogP contribution in [0.15, 0.2) is 53.3 Å². The normalized spacial score (nSPS) is 10.6. The number of amides is 2. The summed E-state index contributed by atoms with van der Waals surface area (Å²) in [5.41, 5.74) is 1.87. The number of carbonyl (C=O) groups excluding carboxylic acids is 2. The van der Waals surface area contributed by atoms with Gasteiger partial charge >= 0.3 is 0 Å². The maximum atomic E-state index is 13.3. The maximum Gasteiger partial charge on any atom is 0.291 e. The molecule has 2 amide bonds. The van der Waals surface area contributed by atoms with E-state index in [1.54, 1.807) is 6.92 Å². The molecule has 0 saturated heterocycles. The van der Waals surface area contributed by atoms with Crippen molar-refractivity contribution in [2.24, 2.45) is 0 Å². The predicted octanol–water partition coefficient (Wildman–Crippen LogP) is 4.00. The van der Waals surface area contributed by atoms with Crippen LogP contribution >= 0.6 is 11.6 Å². The number of carbonyl (C=O) groups is 2. The van der Waals surface area contributed by atoms with Crippen LogP contribution < -0.4 is 16.2 Å². The minimum Gasteiger partial charge on any atom is -0.324 e. The van der Waals surface area contributed by atoms with Crippen molar-refractivity contribution in [3.63, 3.8) is 0 Å². The van der Waals surface area contributed by atoms with Gasteiger partial charge in [-0.3, -0.25) is 14.4 Å². The van der Waals surface area contributed by atoms with Gasteiger partial charge in [0.25, 0.3) is 5.56 Å². The molecule has 0 fully saturated rings. The number of hydrogen-bond donors (Lipinski definition) is 2. The van der Waals surface area contributed by atoms with Gasteiger partial charge in [0, 0.05) is 17.7 Å². The predicted molar refractivity (Wildman–Crippen MR) is 118 cm³/mol. The highest BCUT2D eigenvalue weighted by Gasteiger charge is 2.15. The second-order valence-corrected chi connectivity index (χ2v) is 7.26. The van der Waals surface area contributed by atoms with Crippen LogP contribution in [-0.4, -0.2) is 21.6 Å². The summed E-state index contributed by atoms with van der Waals surface area (Å²) in [6, 6.07) is 12.7. The molecule has 0 aliphatic carbocycles. The molecule has 0 aliphatic heterocycles. The highest BCUT2D eigenvalue weighted by molar-refractivity contribution is 6.31. The molecule has 3 rings (SSSR count). The van der Waals surface area contributed by atoms with Gasteiger partial charge in [0.15, 0.2) is 0 Å². The van der Waals surface area contributed by atoms with Crippen molar-refractivity contribution in [1.82, 2.24) is 9.78 Å². The standard InChI is InChI=1S/C22H20ClFN4O3/c1-3-20(29)26-19-11-18(14-6-4-13(2)5-7-14)27-28(22(19)31)12-21(30)25-15-8-9-17(24)16(23)10-15/h4-11H,3,12H2,1-2H3,(H,25,30)(H,26,29). The largest absolute Gasteiger partial charge is 0.324 e. The number of aryl methyl sites for hydroxylation is 1. The summed E-state index contributed by atoms with van der Waals surface area (Å²) in [5, 5.41) is 9.25. The van der Waals surface area contributed by atoms with Gasteiger partial charge < -0.3 is 10.6 Å². The van der Waals surface area contributed by atoms with E-state index in [1.807, 2.05) is 31.2 Å². The first-order valence-electron chi connectivity index (χ1n) is 9.50. The highest BCUT2D eigenvalue weighted by Crippen LogP contribution is 2.20. The van der Waals surface area contributed by atoms with E-state index in [1.165, 1.54) is 18.2 Å². The summed E-state index contributed by atoms with van der Waals surface area (Å²) in [6.07, 6.45) is 0.188. The molecule has 0 unspecified atom stereocenters. The summed E-state index contributed by atoms with van der Waals surface area (Å²) in [6.45, 7) is 3.19. The summed E-state index contributed by atoms with van der Waals surface area (Å²) in [4.78, 5) is 37.1. The van der Waals surface area contributed by atoms with E-state index in [0.29, 0.717) is 5.69 Å². The molecule has 9 heteroatoms. The average Bonchev–Trinajstić information content (AvgIpc) is 2.74. The van der Waals surface area contributed by atoms with Crippen molar-refractivity contribution in [1.29, 1.82) is 0 Å². The van der Waals surface area contributed by atoms with Crippen molar-refractivity contribution >= 4 is 34.8 Å². The lowest BCUT2D eigenvalue weighted by Crippen LogP contribution is -2.32. The number of nitrogens with one attached hydrogen (secondary N) is 2. The lowest BCUT2D eigenvalue weighted by Gasteiger charge is -2.12. The van der Waals surface area contributed by atoms with Crippen molar-refractivity contribution in [2.45, 2.75) is 26.8 Å². The van der Waals surface area contributed by atoms with Gasteiger partial charge in [0.2, 0.25) is 11.8 Å². The monoisotopic (exact) mass is 442 g/mol. The SMILES string of the molecule is CCC(=O)Nc1cc(-c2ccc(C)cc2)nn(CC(=O)Nc2ccc(F)c(Cl)c2)c1=O. The van der Waals surface area contributed by atoms with Crippen LogP contribution in [0.4, 0.5) is 15.8 Å². The third kappa shape index (κ3) is 5.55. The molecule has 1 heterocycles. The fraction of sp³-hybridized carbons (Fsp3) is 0.182. The third-order valence-corrected chi connectivity index (χ3v) is 4.70. The quantitative estimate of drug-likeness (QED) is 0.603. The first-order valence-corrected chi connectivity index (χ1v) is 9.88. The Bertz CT molecular complexity index is 1190. The van der Waals surface area contributed by atoms with Crippen LogP contribution in [0, 0.1) is 12.7 Å². The van der Waals surface area contributed by atoms with Gasteiger partial charge in [-0.15, -0.1) is 0 Å². The average molecular weight is 443 g/mol. The minimum atomic E-state index is -0.620. The molecule has 160 valence electrons. The molecular weight excluding hydrogens is 423 g/mol. The summed E-state index contributed by atoms with van der Waals surface area (Å²) < 4.78 is 14.3. The van der Waals surface area contributed by atoms with E-state index >= 15 is 0 Å². The van der Waals surface area contributed by atoms with E-state index < -0.39 is 23.8 Å². The van der Waals surface area contributed by atoms with Crippen LogP contribution in [0.25, 0.3) is 11.3 Å². The Morgan fingerprint density at radius 3 is 2.42 bits per heavy atom. The van der Waals surface area contributed by atoms with Crippen LogP contribution in [0.2, 0.25) is 5.02 Å². The molecule has 0 atom stereocenters. The first-order chi connectivity index (χ1) is 14.8. The topological polar surface area (TPSA) is 93.1 Å². The zero-order chi connectivity index (χ0) is 22.5. The van der Waals surface area contributed by atoms with E-state index in [9.17, 15) is 18.8 Å². The molecule has 1 aromatic heterocycles. The van der Waals surface area contributed by atoms with Gasteiger partial charge in [-0.05, 0) is 31.2 Å². The van der Waals surface area contributed by atoms with E-state index in [0.717, 1.165) is 21.9 Å². The molecule has 0 aliphatic rings. The van der Waals surface area contributed by atoms with Gasteiger partial charge in [-0.25, -0.2) is 9.07 Å². The van der Waals surface area contributed by atoms with E-state index in [4.69, 9.17) is 11.6 Å². The Morgan fingerprint density at radius 2 is 1.77 bits per heavy atom. The molecule has 3 aromatic rings. The van der Waals surface area contributed by atoms with Crippen molar-refractivity contribution in [3.8, 4) is 11.3 Å². The van der Waals surface area contributed by atoms with Crippen LogP contribution in [0.3, 0.4) is 0 Å². The fourth-order valence-corrected chi connectivity index (χ4v) is 2.93. The number of anilines is 2. The highest BCUT2D eigenvalue weighted by atomic mass is 35.5. The Kier molecular flexibility index (Phi) is 6.81. The summed E-state index contributed by atoms with van der Waals surface area (Å²) in [7, 11) is 0. The van der Waals surface area contributed by atoms with Crippen molar-refractivity contribution in [3.05, 3.63) is 75.3 Å². The Balaban J connectivity index is 1.94. The van der Waals surface area contributed by atoms with Gasteiger partial charge in [0.05, 0.1) is 10.7 Å². The van der Waals surface area contributed by atoms with Gasteiger partial charge in [0.1, 0.15) is 18.0 Å². The zero-order valence-electron chi connectivity index (χ0n) is 16.9. The Hall–Kier alpha value is -3.52. The number of hydrogen-bond acceptors (Lipinski definition) is 4. The fourth-order valence-electron chi connectivity index (χ4n) is 2.75. The second-order valence-electron chi connectivity index (χ2n) is 6.85. The number of halogens is 2. The molecular formula is C22H20ClFN4O3. The van der Waals surface area contributed by atoms with Gasteiger partial charge in [-0.2, -0.15) is 5.10 Å². The summed E-state index contributed by atoms with van der Waals surface area (Å²) in [5.74, 6) is -1.51. The molecule has 2 aromatic carbocycles. The number of aromatic nitrogens is 2. The third-order valence-electron chi connectivity index (χ3n) is 4.41. The Labute approximate surface area is 182 Å². The molecule has 2 N–H and O–H groups in total. The van der Waals surface area contributed by atoms with Crippen LogP contribution in [-0.2, 0) is 16.1 Å². The summed E-state index contributed by atoms with van der Waals surface area (Å²) >= 11 is 5.73. The molecule has 0 spiro atoms. The van der Waals surface area contributed by atoms with E-state index in [2.05, 4.69) is 15.7 Å². The van der Waals surface area contributed by atoms with Crippen molar-refractivity contribution < 1.29 is 14.0 Å². The van der Waals surface area contributed by atoms with E-state index in [-0.39, 0.29) is 28.7 Å². The molecule has 0 radical (unpaired) electrons. The molecule has 0 saturated carbocycles. The molecule has 7 nitrogen and oxygen atoms in total. The lowest BCUT2D eigenvalue weighted by molar-refractivity contribution is -0.117. The Morgan fingerprint density at radius 1 is 1.06 bits per heavy atom. The van der Waals surface area contributed by atoms with Gasteiger partial charge in [-0.1, -0.05) is 48.4 Å². The maximum absolute atomic E-state index is 13.3. The number of benzene rings is 2. The molecule has 0 bridgehead atoms. The smallest absolute Gasteiger partial charge is 0.291 e. The lowest BCUT2D eigenvalue weighted by atomic mass is 10.1. The number of nitrogens with zero attached hydrogens (tertiary/aromatic N) is 2. The zero-order valence-corrected chi connectivity index (χ0v) is 17.7. The second kappa shape index (κ2) is 9.53.